The minimum Gasteiger partial charge on any atom is -0.444 e. The number of ether oxygens (including phenoxy) is 3. The number of amides is 2. The van der Waals surface area contributed by atoms with Crippen molar-refractivity contribution in [2.45, 2.75) is 117 Å². The molecule has 2 amide bonds. The van der Waals surface area contributed by atoms with E-state index in [1.807, 2.05) is 53.4 Å². The molecule has 0 aromatic carbocycles. The molecule has 4 fully saturated rings. The van der Waals surface area contributed by atoms with Gasteiger partial charge in [0.25, 0.3) is 0 Å². The summed E-state index contributed by atoms with van der Waals surface area (Å²) in [5.41, 5.74) is -0.771. The van der Waals surface area contributed by atoms with Crippen molar-refractivity contribution in [3.05, 3.63) is 0 Å². The smallest absolute Gasteiger partial charge is 0.410 e. The summed E-state index contributed by atoms with van der Waals surface area (Å²) in [6.45, 7) is 27.6. The Morgan fingerprint density at radius 2 is 1.25 bits per heavy atom. The fourth-order valence-electron chi connectivity index (χ4n) is 4.41. The van der Waals surface area contributed by atoms with Gasteiger partial charge in [0.2, 0.25) is 0 Å². The Balaban J connectivity index is 0.000000214. The molecule has 2 saturated heterocycles. The van der Waals surface area contributed by atoms with Gasteiger partial charge in [0.1, 0.15) is 11.2 Å². The topological polar surface area (TPSA) is 92.8 Å². The van der Waals surface area contributed by atoms with Crippen LogP contribution in [0.3, 0.4) is 0 Å². The molecule has 2 aliphatic carbocycles. The Hall–Kier alpha value is -1.40. The second-order valence-corrected chi connectivity index (χ2v) is 18.4. The molecule has 0 unspecified atom stereocenters. The molecule has 4 aliphatic rings. The van der Waals surface area contributed by atoms with E-state index in [9.17, 15) is 9.59 Å². The molecule has 0 atom stereocenters. The van der Waals surface area contributed by atoms with Crippen LogP contribution in [0.4, 0.5) is 9.59 Å². The van der Waals surface area contributed by atoms with E-state index in [0.717, 1.165) is 77.8 Å². The van der Waals surface area contributed by atoms with Crippen LogP contribution < -0.4 is 5.32 Å². The highest BCUT2D eigenvalue weighted by Crippen LogP contribution is 2.42. The monoisotopic (exact) mass is 586 g/mol. The van der Waals surface area contributed by atoms with Crippen LogP contribution in [0.1, 0.15) is 74.1 Å². The third-order valence-corrected chi connectivity index (χ3v) is 7.34. The lowest BCUT2D eigenvalue weighted by atomic mass is 10.2. The van der Waals surface area contributed by atoms with E-state index in [4.69, 9.17) is 18.6 Å². The summed E-state index contributed by atoms with van der Waals surface area (Å²) in [6.07, 6.45) is 4.49. The van der Waals surface area contributed by atoms with E-state index < -0.39 is 8.32 Å². The minimum absolute atomic E-state index is 0.154. The van der Waals surface area contributed by atoms with Crippen LogP contribution in [-0.2, 0) is 18.6 Å². The Morgan fingerprint density at radius 3 is 1.60 bits per heavy atom. The number of piperazine rings is 2. The lowest BCUT2D eigenvalue weighted by molar-refractivity contribution is -0.106. The molecule has 1 N–H and O–H groups in total. The van der Waals surface area contributed by atoms with Crippen molar-refractivity contribution in [2.24, 2.45) is 0 Å². The van der Waals surface area contributed by atoms with Crippen LogP contribution >= 0.6 is 0 Å². The van der Waals surface area contributed by atoms with Crippen molar-refractivity contribution in [1.29, 1.82) is 0 Å². The van der Waals surface area contributed by atoms with Crippen molar-refractivity contribution in [2.75, 3.05) is 59.0 Å². The zero-order chi connectivity index (χ0) is 30.2. The number of rotatable bonds is 5. The molecule has 0 spiro atoms. The van der Waals surface area contributed by atoms with Gasteiger partial charge in [-0.25, -0.2) is 9.59 Å². The summed E-state index contributed by atoms with van der Waals surface area (Å²) < 4.78 is 22.0. The van der Waals surface area contributed by atoms with Crippen molar-refractivity contribution in [3.63, 3.8) is 0 Å². The Morgan fingerprint density at radius 1 is 0.800 bits per heavy atom. The van der Waals surface area contributed by atoms with E-state index >= 15 is 0 Å². The molecule has 0 bridgehead atoms. The summed E-state index contributed by atoms with van der Waals surface area (Å²) in [6, 6.07) is 0.806. The van der Waals surface area contributed by atoms with Crippen LogP contribution in [0.2, 0.25) is 19.6 Å². The zero-order valence-electron chi connectivity index (χ0n) is 27.1. The fraction of sp³-hybridized carbons (Fsp3) is 0.931. The van der Waals surface area contributed by atoms with Crippen LogP contribution in [0, 0.1) is 0 Å². The zero-order valence-corrected chi connectivity index (χ0v) is 28.1. The third-order valence-electron chi connectivity index (χ3n) is 6.36. The quantitative estimate of drug-likeness (QED) is 0.360. The Kier molecular flexibility index (Phi) is 12.8. The molecule has 0 aromatic rings. The van der Waals surface area contributed by atoms with E-state index in [0.29, 0.717) is 0 Å². The van der Waals surface area contributed by atoms with Gasteiger partial charge in [-0.1, -0.05) is 0 Å². The van der Waals surface area contributed by atoms with Crippen LogP contribution in [0.15, 0.2) is 0 Å². The molecule has 2 heterocycles. The molecule has 2 saturated carbocycles. The predicted octanol–water partition coefficient (Wildman–Crippen LogP) is 4.89. The van der Waals surface area contributed by atoms with Crippen molar-refractivity contribution < 1.29 is 28.2 Å². The maximum absolute atomic E-state index is 11.8. The molecule has 10 nitrogen and oxygen atoms in total. The molecule has 0 aromatic heterocycles. The first kappa shape index (κ1) is 34.8. The molecule has 234 valence electrons. The van der Waals surface area contributed by atoms with Crippen molar-refractivity contribution in [3.8, 4) is 0 Å². The number of nitrogens with zero attached hydrogens (tertiary/aromatic N) is 3. The summed E-state index contributed by atoms with van der Waals surface area (Å²) in [7, 11) is -1.39. The van der Waals surface area contributed by atoms with E-state index in [2.05, 4.69) is 29.9 Å². The largest absolute Gasteiger partial charge is 0.444 e. The van der Waals surface area contributed by atoms with E-state index in [1.165, 1.54) is 12.8 Å². The number of nitrogens with one attached hydrogen (secondary N) is 1. The van der Waals surface area contributed by atoms with Crippen LogP contribution in [0.5, 0.6) is 0 Å². The molecule has 4 rings (SSSR count). The average Bonchev–Trinajstić information content (AvgIpc) is 3.75. The summed E-state index contributed by atoms with van der Waals surface area (Å²) in [5, 5.41) is 3.18. The fourth-order valence-corrected chi connectivity index (χ4v) is 5.79. The van der Waals surface area contributed by atoms with Crippen molar-refractivity contribution in [1.82, 2.24) is 20.0 Å². The first-order chi connectivity index (χ1) is 18.4. The first-order valence-corrected chi connectivity index (χ1v) is 18.6. The molecule has 40 heavy (non-hydrogen) atoms. The number of carbonyl (C=O) groups excluding carboxylic acids is 2. The Labute approximate surface area is 244 Å². The van der Waals surface area contributed by atoms with E-state index in [1.54, 1.807) is 4.90 Å². The maximum atomic E-state index is 11.8. The second-order valence-electron chi connectivity index (χ2n) is 14.0. The van der Waals surface area contributed by atoms with Gasteiger partial charge in [0.15, 0.2) is 14.1 Å². The minimum atomic E-state index is -1.39. The number of hydrogen-bond acceptors (Lipinski definition) is 8. The highest BCUT2D eigenvalue weighted by molar-refractivity contribution is 6.69. The third kappa shape index (κ3) is 14.5. The maximum Gasteiger partial charge on any atom is 0.410 e. The summed E-state index contributed by atoms with van der Waals surface area (Å²) in [4.78, 5) is 29.3. The van der Waals surface area contributed by atoms with Crippen LogP contribution in [-0.4, -0.2) is 117 Å². The lowest BCUT2D eigenvalue weighted by Gasteiger charge is -2.35. The SMILES string of the molecule is CC(C)(C)OC(=O)N1CCN(C2CC2)CC1.CC(C)(C)OC(=O)N1CCNCC1.CCOC1(O[Si](C)(C)C)CC1. The lowest BCUT2D eigenvalue weighted by Crippen LogP contribution is -2.50. The second kappa shape index (κ2) is 14.7. The van der Waals surface area contributed by atoms with Gasteiger partial charge in [0, 0.05) is 77.8 Å². The van der Waals surface area contributed by atoms with Crippen molar-refractivity contribution >= 4 is 20.5 Å². The average molecular weight is 587 g/mol. The highest BCUT2D eigenvalue weighted by Gasteiger charge is 2.47. The summed E-state index contributed by atoms with van der Waals surface area (Å²) >= 11 is 0. The van der Waals surface area contributed by atoms with Gasteiger partial charge in [0.05, 0.1) is 0 Å². The Bertz CT molecular complexity index is 786. The first-order valence-electron chi connectivity index (χ1n) is 15.2. The van der Waals surface area contributed by atoms with Gasteiger partial charge < -0.3 is 33.8 Å². The molecule has 11 heteroatoms. The van der Waals surface area contributed by atoms with Crippen LogP contribution in [0.25, 0.3) is 0 Å². The van der Waals surface area contributed by atoms with Gasteiger partial charge in [-0.2, -0.15) is 0 Å². The molecule has 0 radical (unpaired) electrons. The van der Waals surface area contributed by atoms with Gasteiger partial charge in [-0.15, -0.1) is 0 Å². The van der Waals surface area contributed by atoms with Gasteiger partial charge >= 0.3 is 12.2 Å². The standard InChI is InChI=1S/C12H22N2O2.C9H18N2O2.C8H18O2Si/c1-12(2,3)16-11(15)14-8-6-13(7-9-14)10-4-5-10;1-9(2,3)13-8(12)11-6-4-10-5-7-11;1-5-9-8(6-7-8)10-11(2,3)4/h10H,4-9H2,1-3H3;10H,4-7H2,1-3H3;5-7H2,1-4H3. The number of carbonyl (C=O) groups is 2. The normalized spacial score (nSPS) is 21.4. The van der Waals surface area contributed by atoms with E-state index in [-0.39, 0.29) is 29.2 Å². The van der Waals surface area contributed by atoms with Gasteiger partial charge in [-0.05, 0) is 80.9 Å². The predicted molar refractivity (Wildman–Crippen MR) is 161 cm³/mol. The molecular weight excluding hydrogens is 528 g/mol. The molecule has 2 aliphatic heterocycles. The molecular formula is C29H58N4O6Si. The highest BCUT2D eigenvalue weighted by atomic mass is 28.4. The summed E-state index contributed by atoms with van der Waals surface area (Å²) in [5.74, 6) is -0.154. The van der Waals surface area contributed by atoms with Gasteiger partial charge in [-0.3, -0.25) is 4.90 Å². The number of hydrogen-bond donors (Lipinski definition) is 1.